The van der Waals surface area contributed by atoms with Crippen molar-refractivity contribution in [3.05, 3.63) is 57.6 Å². The molecule has 110 valence electrons. The first kappa shape index (κ1) is 15.7. The number of carbonyl (C=O) groups excluding carboxylic acids is 1. The van der Waals surface area contributed by atoms with E-state index in [1.54, 1.807) is 19.1 Å². The van der Waals surface area contributed by atoms with Gasteiger partial charge in [-0.15, -0.1) is 0 Å². The molecule has 0 aliphatic carbocycles. The zero-order chi connectivity index (χ0) is 15.6. The lowest BCUT2D eigenvalue weighted by molar-refractivity contribution is 0.0515. The van der Waals surface area contributed by atoms with E-state index >= 15 is 0 Å². The molecular formula is C15H10Cl2F2O2. The second-order valence-electron chi connectivity index (χ2n) is 4.16. The summed E-state index contributed by atoms with van der Waals surface area (Å²) in [5, 5.41) is 0.665. The summed E-state index contributed by atoms with van der Waals surface area (Å²) in [6.45, 7) is 1.58. The minimum Gasteiger partial charge on any atom is -0.462 e. The van der Waals surface area contributed by atoms with Crippen molar-refractivity contribution < 1.29 is 18.3 Å². The molecule has 0 aliphatic rings. The first-order valence-corrected chi connectivity index (χ1v) is 6.81. The summed E-state index contributed by atoms with van der Waals surface area (Å²) >= 11 is 11.8. The topological polar surface area (TPSA) is 26.3 Å². The molecule has 21 heavy (non-hydrogen) atoms. The van der Waals surface area contributed by atoms with Gasteiger partial charge in [-0.25, -0.2) is 13.6 Å². The number of carbonyl (C=O) groups is 1. The molecule has 0 amide bonds. The molecule has 2 aromatic carbocycles. The van der Waals surface area contributed by atoms with Gasteiger partial charge in [-0.1, -0.05) is 29.3 Å². The van der Waals surface area contributed by atoms with Crippen LogP contribution in [0.3, 0.4) is 0 Å². The molecule has 0 spiro atoms. The van der Waals surface area contributed by atoms with Crippen LogP contribution in [0.2, 0.25) is 10.0 Å². The maximum atomic E-state index is 14.0. The molecule has 0 fully saturated rings. The first-order valence-electron chi connectivity index (χ1n) is 6.05. The number of hydrogen-bond donors (Lipinski definition) is 0. The van der Waals surface area contributed by atoms with Crippen LogP contribution >= 0.6 is 23.2 Å². The molecule has 2 nitrogen and oxygen atoms in total. The number of rotatable bonds is 3. The van der Waals surface area contributed by atoms with Crippen LogP contribution in [-0.4, -0.2) is 12.6 Å². The molecular weight excluding hydrogens is 321 g/mol. The van der Waals surface area contributed by atoms with E-state index in [4.69, 9.17) is 23.2 Å². The van der Waals surface area contributed by atoms with Gasteiger partial charge in [-0.3, -0.25) is 0 Å². The predicted octanol–water partition coefficient (Wildman–Crippen LogP) is 5.12. The van der Waals surface area contributed by atoms with E-state index in [2.05, 4.69) is 4.74 Å². The van der Waals surface area contributed by atoms with Crippen molar-refractivity contribution in [1.82, 2.24) is 0 Å². The van der Waals surface area contributed by atoms with Crippen LogP contribution in [0.5, 0.6) is 0 Å². The number of benzene rings is 2. The van der Waals surface area contributed by atoms with Crippen LogP contribution in [0.25, 0.3) is 11.1 Å². The average Bonchev–Trinajstić information content (AvgIpc) is 2.37. The minimum atomic E-state index is -1.04. The molecule has 0 aliphatic heterocycles. The number of ether oxygens (including phenoxy) is 1. The Bertz CT molecular complexity index is 679. The number of halogens is 4. The van der Waals surface area contributed by atoms with Gasteiger partial charge in [0, 0.05) is 15.6 Å². The van der Waals surface area contributed by atoms with Crippen molar-refractivity contribution in [2.24, 2.45) is 0 Å². The lowest BCUT2D eigenvalue weighted by Gasteiger charge is -2.09. The molecule has 2 aromatic rings. The van der Waals surface area contributed by atoms with Gasteiger partial charge in [-0.05, 0) is 36.8 Å². The highest BCUT2D eigenvalue weighted by Crippen LogP contribution is 2.32. The minimum absolute atomic E-state index is 0.0302. The van der Waals surface area contributed by atoms with Gasteiger partial charge in [0.05, 0.1) is 6.61 Å². The summed E-state index contributed by atoms with van der Waals surface area (Å²) in [6, 6.07) is 6.63. The van der Waals surface area contributed by atoms with E-state index in [9.17, 15) is 13.6 Å². The third-order valence-electron chi connectivity index (χ3n) is 2.76. The van der Waals surface area contributed by atoms with Crippen molar-refractivity contribution >= 4 is 29.2 Å². The van der Waals surface area contributed by atoms with E-state index in [0.29, 0.717) is 10.6 Å². The predicted molar refractivity (Wildman–Crippen MR) is 77.8 cm³/mol. The zero-order valence-corrected chi connectivity index (χ0v) is 12.4. The summed E-state index contributed by atoms with van der Waals surface area (Å²) in [6.07, 6.45) is 0. The lowest BCUT2D eigenvalue weighted by Crippen LogP contribution is -2.10. The third kappa shape index (κ3) is 3.34. The fourth-order valence-corrected chi connectivity index (χ4v) is 2.37. The Labute approximate surface area is 130 Å². The van der Waals surface area contributed by atoms with Gasteiger partial charge >= 0.3 is 5.97 Å². The molecule has 0 bridgehead atoms. The highest BCUT2D eigenvalue weighted by molar-refractivity contribution is 6.36. The Hall–Kier alpha value is -1.65. The fraction of sp³-hybridized carbons (Fsp3) is 0.133. The van der Waals surface area contributed by atoms with Crippen LogP contribution in [-0.2, 0) is 4.74 Å². The third-order valence-corrected chi connectivity index (χ3v) is 3.31. The molecule has 0 radical (unpaired) electrons. The first-order chi connectivity index (χ1) is 9.93. The summed E-state index contributed by atoms with van der Waals surface area (Å²) in [5.74, 6) is -3.05. The van der Waals surface area contributed by atoms with Crippen LogP contribution in [0.15, 0.2) is 30.3 Å². The highest BCUT2D eigenvalue weighted by Gasteiger charge is 2.20. The Morgan fingerprint density at radius 2 is 1.76 bits per heavy atom. The van der Waals surface area contributed by atoms with Gasteiger partial charge in [0.2, 0.25) is 0 Å². The van der Waals surface area contributed by atoms with E-state index < -0.39 is 23.2 Å². The van der Waals surface area contributed by atoms with Gasteiger partial charge in [-0.2, -0.15) is 0 Å². The highest BCUT2D eigenvalue weighted by atomic mass is 35.5. The van der Waals surface area contributed by atoms with Crippen LogP contribution in [0, 0.1) is 11.6 Å². The largest absolute Gasteiger partial charge is 0.462 e. The van der Waals surface area contributed by atoms with E-state index in [1.165, 1.54) is 6.07 Å². The normalized spacial score (nSPS) is 10.5. The summed E-state index contributed by atoms with van der Waals surface area (Å²) in [7, 11) is 0. The maximum absolute atomic E-state index is 14.0. The number of esters is 1. The van der Waals surface area contributed by atoms with Gasteiger partial charge in [0.15, 0.2) is 0 Å². The van der Waals surface area contributed by atoms with Crippen molar-refractivity contribution in [3.63, 3.8) is 0 Å². The second-order valence-corrected chi connectivity index (χ2v) is 5.00. The smallest absolute Gasteiger partial charge is 0.344 e. The van der Waals surface area contributed by atoms with Gasteiger partial charge in [0.25, 0.3) is 0 Å². The molecule has 0 N–H and O–H groups in total. The quantitative estimate of drug-likeness (QED) is 0.730. The maximum Gasteiger partial charge on any atom is 0.344 e. The standard InChI is InChI=1S/C15H10Cl2F2O2/c1-2-21-15(20)14-12(18)5-8(6-13(14)19)10-4-3-9(16)7-11(10)17/h3-7H,2H2,1H3. The van der Waals surface area contributed by atoms with Crippen LogP contribution < -0.4 is 0 Å². The molecule has 0 saturated heterocycles. The molecule has 6 heteroatoms. The molecule has 2 rings (SSSR count). The van der Waals surface area contributed by atoms with E-state index in [1.807, 2.05) is 0 Å². The fourth-order valence-electron chi connectivity index (χ4n) is 1.85. The summed E-state index contributed by atoms with van der Waals surface area (Å²) in [5.41, 5.74) is -0.0975. The lowest BCUT2D eigenvalue weighted by atomic mass is 10.0. The Kier molecular flexibility index (Phi) is 4.80. The monoisotopic (exact) mass is 330 g/mol. The summed E-state index contributed by atoms with van der Waals surface area (Å²) in [4.78, 5) is 11.5. The van der Waals surface area contributed by atoms with Crippen molar-refractivity contribution in [2.45, 2.75) is 6.92 Å². The SMILES string of the molecule is CCOC(=O)c1c(F)cc(-c2ccc(Cl)cc2Cl)cc1F. The Morgan fingerprint density at radius 3 is 2.29 bits per heavy atom. The van der Waals surface area contributed by atoms with Crippen molar-refractivity contribution in [1.29, 1.82) is 0 Å². The average molecular weight is 331 g/mol. The molecule has 0 aromatic heterocycles. The van der Waals surface area contributed by atoms with Crippen LogP contribution in [0.4, 0.5) is 8.78 Å². The van der Waals surface area contributed by atoms with E-state index in [-0.39, 0.29) is 17.2 Å². The Balaban J connectivity index is 2.51. The van der Waals surface area contributed by atoms with Gasteiger partial charge in [0.1, 0.15) is 17.2 Å². The molecule has 0 saturated carbocycles. The molecule has 0 atom stereocenters. The second kappa shape index (κ2) is 6.41. The zero-order valence-electron chi connectivity index (χ0n) is 10.9. The Morgan fingerprint density at radius 1 is 1.14 bits per heavy atom. The molecule has 0 unspecified atom stereocenters. The van der Waals surface area contributed by atoms with Crippen molar-refractivity contribution in [3.8, 4) is 11.1 Å². The van der Waals surface area contributed by atoms with Gasteiger partial charge < -0.3 is 4.74 Å². The van der Waals surface area contributed by atoms with Crippen molar-refractivity contribution in [2.75, 3.05) is 6.61 Å². The summed E-state index contributed by atoms with van der Waals surface area (Å²) < 4.78 is 32.6. The molecule has 0 heterocycles. The van der Waals surface area contributed by atoms with Crippen LogP contribution in [0.1, 0.15) is 17.3 Å². The number of hydrogen-bond acceptors (Lipinski definition) is 2. The van der Waals surface area contributed by atoms with E-state index in [0.717, 1.165) is 12.1 Å².